The Labute approximate surface area is 129 Å². The van der Waals surface area contributed by atoms with Gasteiger partial charge in [-0.05, 0) is 6.92 Å². The van der Waals surface area contributed by atoms with Crippen molar-refractivity contribution < 1.29 is 27.2 Å². The summed E-state index contributed by atoms with van der Waals surface area (Å²) in [5.41, 5.74) is 0.0173. The average molecular weight is 336 g/mol. The molecule has 0 aromatic carbocycles. The summed E-state index contributed by atoms with van der Waals surface area (Å²) in [6, 6.07) is 0. The minimum absolute atomic E-state index is 0.0173. The van der Waals surface area contributed by atoms with Gasteiger partial charge in [0.1, 0.15) is 0 Å². The average Bonchev–Trinajstić information content (AvgIpc) is 2.49. The SMILES string of the molecule is CC1=NC(N2CCN(C(=O)CCC(F)(F)F)CC2)=NC(=O)C1F. The van der Waals surface area contributed by atoms with Crippen LogP contribution in [0.15, 0.2) is 9.98 Å². The van der Waals surface area contributed by atoms with E-state index in [1.165, 1.54) is 11.8 Å². The molecule has 23 heavy (non-hydrogen) atoms. The van der Waals surface area contributed by atoms with Crippen molar-refractivity contribution in [3.63, 3.8) is 0 Å². The van der Waals surface area contributed by atoms with Crippen LogP contribution in [0.3, 0.4) is 0 Å². The number of hydrogen-bond donors (Lipinski definition) is 0. The standard InChI is InChI=1S/C13H16F4N4O2/c1-8-10(14)11(23)19-12(18-8)21-6-4-20(5-7-21)9(22)2-3-13(15,16)17/h10H,2-7H2,1H3. The minimum Gasteiger partial charge on any atom is -0.339 e. The zero-order valence-corrected chi connectivity index (χ0v) is 12.4. The van der Waals surface area contributed by atoms with Crippen LogP contribution in [-0.2, 0) is 9.59 Å². The van der Waals surface area contributed by atoms with Gasteiger partial charge in [-0.1, -0.05) is 0 Å². The van der Waals surface area contributed by atoms with Gasteiger partial charge in [0.2, 0.25) is 18.0 Å². The second-order valence-corrected chi connectivity index (χ2v) is 5.35. The monoisotopic (exact) mass is 336 g/mol. The van der Waals surface area contributed by atoms with Crippen LogP contribution in [0.25, 0.3) is 0 Å². The number of alkyl halides is 4. The van der Waals surface area contributed by atoms with Gasteiger partial charge in [0, 0.05) is 32.6 Å². The van der Waals surface area contributed by atoms with Gasteiger partial charge in [-0.2, -0.15) is 18.2 Å². The number of nitrogens with zero attached hydrogens (tertiary/aromatic N) is 4. The highest BCUT2D eigenvalue weighted by Gasteiger charge is 2.32. The summed E-state index contributed by atoms with van der Waals surface area (Å²) in [6.07, 6.45) is -7.91. The molecule has 0 saturated carbocycles. The molecule has 2 rings (SSSR count). The third kappa shape index (κ3) is 4.49. The summed E-state index contributed by atoms with van der Waals surface area (Å²) in [7, 11) is 0. The van der Waals surface area contributed by atoms with Crippen LogP contribution >= 0.6 is 0 Å². The summed E-state index contributed by atoms with van der Waals surface area (Å²) in [4.78, 5) is 33.5. The lowest BCUT2D eigenvalue weighted by Gasteiger charge is -2.36. The Balaban J connectivity index is 1.88. The Morgan fingerprint density at radius 3 is 2.35 bits per heavy atom. The Morgan fingerprint density at radius 2 is 1.83 bits per heavy atom. The van der Waals surface area contributed by atoms with Gasteiger partial charge in [-0.3, -0.25) is 9.59 Å². The number of rotatable bonds is 2. The zero-order valence-electron chi connectivity index (χ0n) is 12.4. The number of halogens is 4. The van der Waals surface area contributed by atoms with Gasteiger partial charge >= 0.3 is 6.18 Å². The molecule has 0 N–H and O–H groups in total. The van der Waals surface area contributed by atoms with Gasteiger partial charge < -0.3 is 9.80 Å². The number of aliphatic imine (C=N–C) groups is 2. The van der Waals surface area contributed by atoms with Crippen LogP contribution in [0.4, 0.5) is 17.6 Å². The Kier molecular flexibility index (Phi) is 5.00. The number of amides is 2. The van der Waals surface area contributed by atoms with Crippen molar-refractivity contribution in [2.24, 2.45) is 9.98 Å². The molecule has 2 heterocycles. The van der Waals surface area contributed by atoms with Crippen molar-refractivity contribution in [3.8, 4) is 0 Å². The second-order valence-electron chi connectivity index (χ2n) is 5.35. The van der Waals surface area contributed by atoms with Crippen LogP contribution in [0.5, 0.6) is 0 Å². The van der Waals surface area contributed by atoms with E-state index in [0.29, 0.717) is 0 Å². The van der Waals surface area contributed by atoms with E-state index in [2.05, 4.69) is 9.98 Å². The number of hydrogen-bond acceptors (Lipinski definition) is 4. The second kappa shape index (κ2) is 6.63. The quantitative estimate of drug-likeness (QED) is 0.711. The first-order valence-corrected chi connectivity index (χ1v) is 7.08. The van der Waals surface area contributed by atoms with Crippen molar-refractivity contribution in [2.75, 3.05) is 26.2 Å². The molecule has 2 aliphatic heterocycles. The van der Waals surface area contributed by atoms with Crippen molar-refractivity contribution >= 4 is 23.5 Å². The molecule has 1 saturated heterocycles. The van der Waals surface area contributed by atoms with Crippen molar-refractivity contribution in [2.45, 2.75) is 32.1 Å². The molecule has 10 heteroatoms. The molecular formula is C13H16F4N4O2. The lowest BCUT2D eigenvalue weighted by atomic mass is 10.2. The lowest BCUT2D eigenvalue weighted by molar-refractivity contribution is -0.149. The van der Waals surface area contributed by atoms with Crippen LogP contribution < -0.4 is 0 Å². The molecule has 0 radical (unpaired) electrons. The molecule has 2 amide bonds. The highest BCUT2D eigenvalue weighted by atomic mass is 19.4. The highest BCUT2D eigenvalue weighted by Crippen LogP contribution is 2.22. The minimum atomic E-state index is -4.36. The zero-order chi connectivity index (χ0) is 17.2. The molecule has 0 spiro atoms. The normalized spacial score (nSPS) is 22.8. The summed E-state index contributed by atoms with van der Waals surface area (Å²) in [6.45, 7) is 2.35. The van der Waals surface area contributed by atoms with E-state index in [1.807, 2.05) is 0 Å². The maximum atomic E-state index is 13.3. The first-order chi connectivity index (χ1) is 10.7. The molecule has 6 nitrogen and oxygen atoms in total. The van der Waals surface area contributed by atoms with Gasteiger partial charge in [0.15, 0.2) is 0 Å². The smallest absolute Gasteiger partial charge is 0.339 e. The molecule has 2 aliphatic rings. The predicted molar refractivity (Wildman–Crippen MR) is 73.9 cm³/mol. The van der Waals surface area contributed by atoms with Crippen LogP contribution in [0, 0.1) is 0 Å². The largest absolute Gasteiger partial charge is 0.389 e. The van der Waals surface area contributed by atoms with Crippen LogP contribution in [0.1, 0.15) is 19.8 Å². The van der Waals surface area contributed by atoms with Gasteiger partial charge in [-0.15, -0.1) is 0 Å². The Bertz CT molecular complexity index is 551. The summed E-state index contributed by atoms with van der Waals surface area (Å²) in [5.74, 6) is -1.40. The molecule has 0 aliphatic carbocycles. The number of carbonyl (C=O) groups is 2. The number of piperazine rings is 1. The molecule has 128 valence electrons. The summed E-state index contributed by atoms with van der Waals surface area (Å²) in [5, 5.41) is 0. The Morgan fingerprint density at radius 1 is 1.22 bits per heavy atom. The fourth-order valence-electron chi connectivity index (χ4n) is 2.28. The fourth-order valence-corrected chi connectivity index (χ4v) is 2.28. The van der Waals surface area contributed by atoms with E-state index >= 15 is 0 Å². The lowest BCUT2D eigenvalue weighted by Crippen LogP contribution is -2.51. The topological polar surface area (TPSA) is 65.3 Å². The molecule has 0 aromatic heterocycles. The first kappa shape index (κ1) is 17.4. The first-order valence-electron chi connectivity index (χ1n) is 7.08. The van der Waals surface area contributed by atoms with E-state index in [0.717, 1.165) is 0 Å². The van der Waals surface area contributed by atoms with Crippen LogP contribution in [0.2, 0.25) is 0 Å². The predicted octanol–water partition coefficient (Wildman–Crippen LogP) is 1.17. The van der Waals surface area contributed by atoms with E-state index in [9.17, 15) is 27.2 Å². The third-order valence-electron chi connectivity index (χ3n) is 3.61. The summed E-state index contributed by atoms with van der Waals surface area (Å²) < 4.78 is 49.7. The van der Waals surface area contributed by atoms with E-state index in [-0.39, 0.29) is 37.9 Å². The maximum Gasteiger partial charge on any atom is 0.389 e. The highest BCUT2D eigenvalue weighted by molar-refractivity contribution is 6.16. The molecule has 0 bridgehead atoms. The van der Waals surface area contributed by atoms with Gasteiger partial charge in [-0.25, -0.2) is 9.38 Å². The van der Waals surface area contributed by atoms with Crippen molar-refractivity contribution in [3.05, 3.63) is 0 Å². The van der Waals surface area contributed by atoms with Gasteiger partial charge in [0.25, 0.3) is 5.91 Å². The fraction of sp³-hybridized carbons (Fsp3) is 0.692. The molecular weight excluding hydrogens is 320 g/mol. The van der Waals surface area contributed by atoms with Crippen LogP contribution in [-0.4, -0.2) is 71.8 Å². The molecule has 0 aromatic rings. The molecule has 1 atom stereocenters. The van der Waals surface area contributed by atoms with Crippen molar-refractivity contribution in [1.82, 2.24) is 9.80 Å². The number of guanidine groups is 1. The van der Waals surface area contributed by atoms with Crippen molar-refractivity contribution in [1.29, 1.82) is 0 Å². The van der Waals surface area contributed by atoms with E-state index in [1.54, 1.807) is 4.90 Å². The third-order valence-corrected chi connectivity index (χ3v) is 3.61. The van der Waals surface area contributed by atoms with E-state index in [4.69, 9.17) is 0 Å². The molecule has 1 fully saturated rings. The number of carbonyl (C=O) groups excluding carboxylic acids is 2. The molecule has 1 unspecified atom stereocenters. The summed E-state index contributed by atoms with van der Waals surface area (Å²) >= 11 is 0. The van der Waals surface area contributed by atoms with Gasteiger partial charge in [0.05, 0.1) is 12.1 Å². The Hall–Kier alpha value is -2.00. The van der Waals surface area contributed by atoms with E-state index < -0.39 is 37.0 Å². The maximum absolute atomic E-state index is 13.3.